The molecule has 0 saturated carbocycles. The van der Waals surface area contributed by atoms with Crippen molar-refractivity contribution < 1.29 is 16.8 Å². The Kier molecular flexibility index (Phi) is 1.88. The van der Waals surface area contributed by atoms with Crippen molar-refractivity contribution in [1.82, 2.24) is 0 Å². The third kappa shape index (κ3) is 1.89. The molecule has 1 fully saturated rings. The summed E-state index contributed by atoms with van der Waals surface area (Å²) in [4.78, 5) is 0. The minimum absolute atomic E-state index is 0.133. The predicted octanol–water partition coefficient (Wildman–Crippen LogP) is -0.192. The van der Waals surface area contributed by atoms with Gasteiger partial charge in [0, 0.05) is 0 Å². The summed E-state index contributed by atoms with van der Waals surface area (Å²) in [7, 11) is -3.82. The van der Waals surface area contributed by atoms with Crippen LogP contribution in [0.2, 0.25) is 0 Å². The molecule has 0 atom stereocenters. The number of nitriles is 1. The highest BCUT2D eigenvalue weighted by molar-refractivity contribution is 7.81. The Morgan fingerprint density at radius 2 is 1.91 bits per heavy atom. The first-order valence-electron chi connectivity index (χ1n) is 2.92. The lowest BCUT2D eigenvalue weighted by atomic mass is 9.96. The van der Waals surface area contributed by atoms with Gasteiger partial charge in [0.2, 0.25) is 0 Å². The van der Waals surface area contributed by atoms with Gasteiger partial charge in [-0.1, -0.05) is 0 Å². The average Bonchev–Trinajstić information content (AvgIpc) is 1.97. The Hall–Kier alpha value is -0.640. The fourth-order valence-corrected chi connectivity index (χ4v) is 1.42. The van der Waals surface area contributed by atoms with E-state index in [-0.39, 0.29) is 13.2 Å². The second-order valence-electron chi connectivity index (χ2n) is 2.61. The molecule has 0 aromatic heterocycles. The van der Waals surface area contributed by atoms with Crippen LogP contribution < -0.4 is 0 Å². The minimum atomic E-state index is -3.82. The van der Waals surface area contributed by atoms with Crippen molar-refractivity contribution in [3.8, 4) is 6.07 Å². The van der Waals surface area contributed by atoms with Gasteiger partial charge in [-0.3, -0.25) is 0 Å². The molecule has 1 aliphatic rings. The minimum Gasteiger partial charge on any atom is -0.246 e. The molecule has 11 heavy (non-hydrogen) atoms. The van der Waals surface area contributed by atoms with Gasteiger partial charge in [0.25, 0.3) is 0 Å². The van der Waals surface area contributed by atoms with Crippen LogP contribution in [0.25, 0.3) is 0 Å². The highest BCUT2D eigenvalue weighted by Gasteiger charge is 2.35. The van der Waals surface area contributed by atoms with Gasteiger partial charge in [-0.05, 0) is 6.92 Å². The Balaban J connectivity index is 2.71. The lowest BCUT2D eigenvalue weighted by molar-refractivity contribution is 0.0730. The van der Waals surface area contributed by atoms with Gasteiger partial charge in [0.15, 0.2) is 0 Å². The van der Waals surface area contributed by atoms with Gasteiger partial charge >= 0.3 is 10.4 Å². The fourth-order valence-electron chi connectivity index (χ4n) is 0.545. The van der Waals surface area contributed by atoms with Crippen molar-refractivity contribution in [2.45, 2.75) is 6.92 Å². The molecular weight excluding hydrogens is 170 g/mol. The first kappa shape index (κ1) is 8.46. The van der Waals surface area contributed by atoms with Crippen LogP contribution in [0.3, 0.4) is 0 Å². The molecule has 0 N–H and O–H groups in total. The van der Waals surface area contributed by atoms with Crippen LogP contribution in [0.15, 0.2) is 0 Å². The highest BCUT2D eigenvalue weighted by atomic mass is 32.3. The van der Waals surface area contributed by atoms with Crippen molar-refractivity contribution in [1.29, 1.82) is 5.26 Å². The zero-order valence-electron chi connectivity index (χ0n) is 5.90. The first-order valence-corrected chi connectivity index (χ1v) is 4.26. The van der Waals surface area contributed by atoms with E-state index < -0.39 is 15.8 Å². The molecule has 0 bridgehead atoms. The quantitative estimate of drug-likeness (QED) is 0.512. The van der Waals surface area contributed by atoms with Crippen molar-refractivity contribution in [2.75, 3.05) is 13.2 Å². The third-order valence-electron chi connectivity index (χ3n) is 1.31. The second-order valence-corrected chi connectivity index (χ2v) is 3.89. The van der Waals surface area contributed by atoms with Gasteiger partial charge in [0.1, 0.15) is 5.41 Å². The van der Waals surface area contributed by atoms with Gasteiger partial charge in [-0.25, -0.2) is 8.37 Å². The number of hydrogen-bond donors (Lipinski definition) is 0. The van der Waals surface area contributed by atoms with Crippen LogP contribution in [0.1, 0.15) is 6.92 Å². The molecular formula is C5H7NO4S. The number of hydrogen-bond acceptors (Lipinski definition) is 5. The second kappa shape index (κ2) is 2.44. The fraction of sp³-hybridized carbons (Fsp3) is 0.800. The summed E-state index contributed by atoms with van der Waals surface area (Å²) in [5.74, 6) is 0. The topological polar surface area (TPSA) is 76.4 Å². The molecule has 0 radical (unpaired) electrons. The first-order chi connectivity index (χ1) is 4.97. The van der Waals surface area contributed by atoms with Gasteiger partial charge in [-0.15, -0.1) is 0 Å². The number of nitrogens with zero attached hydrogens (tertiary/aromatic N) is 1. The molecule has 62 valence electrons. The zero-order valence-corrected chi connectivity index (χ0v) is 6.72. The Morgan fingerprint density at radius 3 is 2.27 bits per heavy atom. The molecule has 0 aromatic rings. The summed E-state index contributed by atoms with van der Waals surface area (Å²) in [6.45, 7) is 1.30. The normalized spacial score (nSPS) is 27.3. The maximum absolute atomic E-state index is 10.5. The maximum Gasteiger partial charge on any atom is 0.399 e. The molecule has 5 nitrogen and oxygen atoms in total. The molecule has 0 amide bonds. The van der Waals surface area contributed by atoms with E-state index >= 15 is 0 Å². The lowest BCUT2D eigenvalue weighted by Gasteiger charge is -2.24. The van der Waals surface area contributed by atoms with E-state index in [4.69, 9.17) is 5.26 Å². The molecule has 1 saturated heterocycles. The maximum atomic E-state index is 10.5. The molecule has 0 aromatic carbocycles. The monoisotopic (exact) mass is 177 g/mol. The lowest BCUT2D eigenvalue weighted by Crippen LogP contribution is -2.36. The van der Waals surface area contributed by atoms with Crippen molar-refractivity contribution >= 4 is 10.4 Å². The van der Waals surface area contributed by atoms with Crippen LogP contribution >= 0.6 is 0 Å². The Morgan fingerprint density at radius 1 is 1.45 bits per heavy atom. The van der Waals surface area contributed by atoms with E-state index in [2.05, 4.69) is 8.37 Å². The van der Waals surface area contributed by atoms with Crippen LogP contribution in [0.4, 0.5) is 0 Å². The third-order valence-corrected chi connectivity index (χ3v) is 2.13. The van der Waals surface area contributed by atoms with Crippen molar-refractivity contribution in [2.24, 2.45) is 5.41 Å². The van der Waals surface area contributed by atoms with E-state index in [0.29, 0.717) is 0 Å². The molecule has 6 heteroatoms. The van der Waals surface area contributed by atoms with Crippen LogP contribution in [0.5, 0.6) is 0 Å². The van der Waals surface area contributed by atoms with Crippen molar-refractivity contribution in [3.63, 3.8) is 0 Å². The van der Waals surface area contributed by atoms with E-state index in [1.54, 1.807) is 6.92 Å². The SMILES string of the molecule is CC1(C#N)COS(=O)(=O)OC1. The zero-order chi connectivity index (χ0) is 8.54. The molecule has 0 spiro atoms. The molecule has 0 unspecified atom stereocenters. The summed E-state index contributed by atoms with van der Waals surface area (Å²) in [6.07, 6.45) is 0. The Bertz CT molecular complexity index is 274. The average molecular weight is 177 g/mol. The molecule has 1 aliphatic heterocycles. The smallest absolute Gasteiger partial charge is 0.246 e. The van der Waals surface area contributed by atoms with Crippen molar-refractivity contribution in [3.05, 3.63) is 0 Å². The Labute approximate surface area is 64.9 Å². The molecule has 1 rings (SSSR count). The summed E-state index contributed by atoms with van der Waals surface area (Å²) in [6, 6.07) is 1.90. The molecule has 0 aliphatic carbocycles. The summed E-state index contributed by atoms with van der Waals surface area (Å²) in [5, 5.41) is 8.52. The van der Waals surface area contributed by atoms with E-state index in [1.807, 2.05) is 6.07 Å². The van der Waals surface area contributed by atoms with Crippen LogP contribution in [-0.4, -0.2) is 21.6 Å². The van der Waals surface area contributed by atoms with E-state index in [0.717, 1.165) is 0 Å². The number of rotatable bonds is 0. The van der Waals surface area contributed by atoms with Crippen LogP contribution in [0, 0.1) is 16.7 Å². The standard InChI is InChI=1S/C5H7NO4S/c1-5(2-6)3-9-11(7,8)10-4-5/h3-4H2,1H3. The summed E-state index contributed by atoms with van der Waals surface area (Å²) >= 11 is 0. The highest BCUT2D eigenvalue weighted by Crippen LogP contribution is 2.23. The largest absolute Gasteiger partial charge is 0.399 e. The van der Waals surface area contributed by atoms with Crippen LogP contribution in [-0.2, 0) is 18.8 Å². The van der Waals surface area contributed by atoms with E-state index in [9.17, 15) is 8.42 Å². The van der Waals surface area contributed by atoms with Gasteiger partial charge in [-0.2, -0.15) is 13.7 Å². The molecule has 1 heterocycles. The summed E-state index contributed by atoms with van der Waals surface area (Å²) < 4.78 is 29.6. The predicted molar refractivity (Wildman–Crippen MR) is 34.5 cm³/mol. The van der Waals surface area contributed by atoms with E-state index in [1.165, 1.54) is 0 Å². The summed E-state index contributed by atoms with van der Waals surface area (Å²) in [5.41, 5.74) is -0.842. The van der Waals surface area contributed by atoms with Gasteiger partial charge < -0.3 is 0 Å². The van der Waals surface area contributed by atoms with Gasteiger partial charge in [0.05, 0.1) is 19.3 Å².